The zero-order valence-corrected chi connectivity index (χ0v) is 14.8. The van der Waals surface area contributed by atoms with Crippen LogP contribution in [0.5, 0.6) is 0 Å². The largest absolute Gasteiger partial charge is 0.373 e. The maximum atomic E-state index is 4.31. The van der Waals surface area contributed by atoms with E-state index >= 15 is 0 Å². The first-order valence-electron chi connectivity index (χ1n) is 8.09. The number of para-hydroxylation sites is 2. The highest BCUT2D eigenvalue weighted by molar-refractivity contribution is 5.53. The third kappa shape index (κ3) is 2.89. The fourth-order valence-electron chi connectivity index (χ4n) is 2.97. The Bertz CT molecular complexity index is 843. The SMILES string of the molecule is Cc1ccccc1NC(C)(C)c1nnnn1-c1c(C)cccc1C. The van der Waals surface area contributed by atoms with Gasteiger partial charge in [0.2, 0.25) is 0 Å². The topological polar surface area (TPSA) is 55.6 Å². The van der Waals surface area contributed by atoms with Crippen molar-refractivity contribution in [1.29, 1.82) is 0 Å². The van der Waals surface area contributed by atoms with Crippen LogP contribution in [-0.4, -0.2) is 20.2 Å². The Kier molecular flexibility index (Phi) is 4.09. The number of hydrogen-bond acceptors (Lipinski definition) is 4. The molecule has 5 heteroatoms. The van der Waals surface area contributed by atoms with E-state index in [0.717, 1.165) is 28.3 Å². The summed E-state index contributed by atoms with van der Waals surface area (Å²) in [4.78, 5) is 0. The molecule has 1 N–H and O–H groups in total. The first kappa shape index (κ1) is 16.2. The summed E-state index contributed by atoms with van der Waals surface area (Å²) in [6, 6.07) is 14.4. The second-order valence-electron chi connectivity index (χ2n) is 6.72. The van der Waals surface area contributed by atoms with E-state index in [1.54, 1.807) is 0 Å². The van der Waals surface area contributed by atoms with Crippen LogP contribution in [0.3, 0.4) is 0 Å². The van der Waals surface area contributed by atoms with Crippen molar-refractivity contribution in [3.05, 3.63) is 65.0 Å². The standard InChI is InChI=1S/C19H23N5/c1-13-9-6-7-12-16(13)20-19(4,5)18-21-22-23-24(18)17-14(2)10-8-11-15(17)3/h6-12,20H,1-5H3. The van der Waals surface area contributed by atoms with Gasteiger partial charge in [0.1, 0.15) is 0 Å². The van der Waals surface area contributed by atoms with Crippen molar-refractivity contribution in [1.82, 2.24) is 20.2 Å². The number of aryl methyl sites for hydroxylation is 3. The molecule has 0 bridgehead atoms. The number of anilines is 1. The van der Waals surface area contributed by atoms with E-state index < -0.39 is 5.54 Å². The highest BCUT2D eigenvalue weighted by Crippen LogP contribution is 2.28. The Morgan fingerprint density at radius 3 is 2.17 bits per heavy atom. The molecule has 1 aromatic heterocycles. The van der Waals surface area contributed by atoms with Crippen molar-refractivity contribution in [3.63, 3.8) is 0 Å². The van der Waals surface area contributed by atoms with Gasteiger partial charge < -0.3 is 5.32 Å². The van der Waals surface area contributed by atoms with Gasteiger partial charge in [-0.3, -0.25) is 0 Å². The van der Waals surface area contributed by atoms with Gasteiger partial charge in [-0.2, -0.15) is 4.68 Å². The van der Waals surface area contributed by atoms with Crippen molar-refractivity contribution in [2.45, 2.75) is 40.2 Å². The maximum Gasteiger partial charge on any atom is 0.181 e. The molecule has 0 fully saturated rings. The van der Waals surface area contributed by atoms with Crippen molar-refractivity contribution in [3.8, 4) is 5.69 Å². The molecule has 0 aliphatic rings. The Labute approximate surface area is 142 Å². The minimum atomic E-state index is -0.426. The molecule has 124 valence electrons. The summed E-state index contributed by atoms with van der Waals surface area (Å²) in [5.41, 5.74) is 5.18. The van der Waals surface area contributed by atoms with E-state index in [1.165, 1.54) is 5.56 Å². The molecule has 5 nitrogen and oxygen atoms in total. The average Bonchev–Trinajstić information content (AvgIpc) is 2.99. The molecule has 1 heterocycles. The second-order valence-corrected chi connectivity index (χ2v) is 6.72. The second kappa shape index (κ2) is 6.07. The van der Waals surface area contributed by atoms with Crippen LogP contribution in [0.15, 0.2) is 42.5 Å². The van der Waals surface area contributed by atoms with Crippen LogP contribution < -0.4 is 5.32 Å². The van der Waals surface area contributed by atoms with Gasteiger partial charge in [0.15, 0.2) is 5.82 Å². The molecule has 0 aliphatic carbocycles. The predicted molar refractivity (Wildman–Crippen MR) is 96.5 cm³/mol. The monoisotopic (exact) mass is 321 g/mol. The first-order valence-corrected chi connectivity index (χ1v) is 8.09. The molecule has 0 radical (unpaired) electrons. The molecule has 0 saturated carbocycles. The minimum Gasteiger partial charge on any atom is -0.373 e. The van der Waals surface area contributed by atoms with Crippen molar-refractivity contribution in [2.75, 3.05) is 5.32 Å². The minimum absolute atomic E-state index is 0.426. The Morgan fingerprint density at radius 1 is 0.875 bits per heavy atom. The number of hydrogen-bond donors (Lipinski definition) is 1. The summed E-state index contributed by atoms with van der Waals surface area (Å²) >= 11 is 0. The third-order valence-corrected chi connectivity index (χ3v) is 4.27. The van der Waals surface area contributed by atoms with E-state index in [4.69, 9.17) is 0 Å². The number of rotatable bonds is 4. The van der Waals surface area contributed by atoms with Crippen LogP contribution >= 0.6 is 0 Å². The summed E-state index contributed by atoms with van der Waals surface area (Å²) in [7, 11) is 0. The number of aromatic nitrogens is 4. The molecule has 3 rings (SSSR count). The summed E-state index contributed by atoms with van der Waals surface area (Å²) in [5, 5.41) is 16.1. The molecule has 0 aliphatic heterocycles. The molecule has 0 unspecified atom stereocenters. The van der Waals surface area contributed by atoms with Crippen LogP contribution in [-0.2, 0) is 5.54 Å². The van der Waals surface area contributed by atoms with Crippen LogP contribution in [0.1, 0.15) is 36.4 Å². The van der Waals surface area contributed by atoms with Gasteiger partial charge in [0, 0.05) is 5.69 Å². The first-order chi connectivity index (χ1) is 11.4. The van der Waals surface area contributed by atoms with E-state index in [9.17, 15) is 0 Å². The zero-order chi connectivity index (χ0) is 17.3. The quantitative estimate of drug-likeness (QED) is 0.791. The maximum absolute atomic E-state index is 4.31. The smallest absolute Gasteiger partial charge is 0.181 e. The van der Waals surface area contributed by atoms with Gasteiger partial charge in [-0.1, -0.05) is 36.4 Å². The zero-order valence-electron chi connectivity index (χ0n) is 14.8. The molecule has 0 amide bonds. The summed E-state index contributed by atoms with van der Waals surface area (Å²) < 4.78 is 1.84. The Hall–Kier alpha value is -2.69. The number of tetrazole rings is 1. The Morgan fingerprint density at radius 2 is 1.50 bits per heavy atom. The van der Waals surface area contributed by atoms with Crippen LogP contribution in [0.4, 0.5) is 5.69 Å². The van der Waals surface area contributed by atoms with Gasteiger partial charge in [-0.25, -0.2) is 0 Å². The molecular formula is C19H23N5. The summed E-state index contributed by atoms with van der Waals surface area (Å²) in [5.74, 6) is 0.781. The van der Waals surface area contributed by atoms with E-state index in [0.29, 0.717) is 0 Å². The fourth-order valence-corrected chi connectivity index (χ4v) is 2.97. The molecule has 0 spiro atoms. The van der Waals surface area contributed by atoms with Crippen molar-refractivity contribution >= 4 is 5.69 Å². The molecule has 24 heavy (non-hydrogen) atoms. The number of benzene rings is 2. The molecule has 3 aromatic rings. The lowest BCUT2D eigenvalue weighted by molar-refractivity contribution is 0.540. The van der Waals surface area contributed by atoms with Crippen molar-refractivity contribution in [2.24, 2.45) is 0 Å². The normalized spacial score (nSPS) is 11.5. The number of nitrogens with zero attached hydrogens (tertiary/aromatic N) is 4. The highest BCUT2D eigenvalue weighted by atomic mass is 15.6. The van der Waals surface area contributed by atoms with Gasteiger partial charge in [0.25, 0.3) is 0 Å². The lowest BCUT2D eigenvalue weighted by atomic mass is 10.0. The average molecular weight is 321 g/mol. The van der Waals surface area contributed by atoms with Gasteiger partial charge in [-0.05, 0) is 67.8 Å². The van der Waals surface area contributed by atoms with E-state index in [1.807, 2.05) is 16.8 Å². The highest BCUT2D eigenvalue weighted by Gasteiger charge is 2.29. The lowest BCUT2D eigenvalue weighted by Gasteiger charge is -2.27. The van der Waals surface area contributed by atoms with E-state index in [-0.39, 0.29) is 0 Å². The molecule has 2 aromatic carbocycles. The van der Waals surface area contributed by atoms with Crippen LogP contribution in [0, 0.1) is 20.8 Å². The number of nitrogens with one attached hydrogen (secondary N) is 1. The summed E-state index contributed by atoms with van der Waals surface area (Å²) in [6.07, 6.45) is 0. The Balaban J connectivity index is 2.05. The van der Waals surface area contributed by atoms with Crippen LogP contribution in [0.2, 0.25) is 0 Å². The van der Waals surface area contributed by atoms with Gasteiger partial charge in [0.05, 0.1) is 11.2 Å². The van der Waals surface area contributed by atoms with Gasteiger partial charge >= 0.3 is 0 Å². The van der Waals surface area contributed by atoms with Crippen LogP contribution in [0.25, 0.3) is 5.69 Å². The lowest BCUT2D eigenvalue weighted by Crippen LogP contribution is -2.32. The molecule has 0 atom stereocenters. The van der Waals surface area contributed by atoms with Crippen molar-refractivity contribution < 1.29 is 0 Å². The molecular weight excluding hydrogens is 298 g/mol. The third-order valence-electron chi connectivity index (χ3n) is 4.27. The summed E-state index contributed by atoms with van der Waals surface area (Å²) in [6.45, 7) is 10.4. The van der Waals surface area contributed by atoms with Gasteiger partial charge in [-0.15, -0.1) is 5.10 Å². The fraction of sp³-hybridized carbons (Fsp3) is 0.316. The predicted octanol–water partition coefficient (Wildman–Crippen LogP) is 3.93. The van der Waals surface area contributed by atoms with E-state index in [2.05, 4.69) is 85.8 Å². The molecule has 0 saturated heterocycles.